The lowest BCUT2D eigenvalue weighted by Gasteiger charge is -2.33. The summed E-state index contributed by atoms with van der Waals surface area (Å²) in [6, 6.07) is -0.481. The van der Waals surface area contributed by atoms with Crippen LogP contribution in [0.2, 0.25) is 0 Å². The average Bonchev–Trinajstić information content (AvgIpc) is 3.22. The molecule has 2 N–H and O–H groups in total. The number of rotatable bonds is 5. The quantitative estimate of drug-likeness (QED) is 0.753. The van der Waals surface area contributed by atoms with E-state index in [1.807, 2.05) is 0 Å². The summed E-state index contributed by atoms with van der Waals surface area (Å²) in [7, 11) is 0. The number of carbonyl (C=O) groups excluding carboxylic acids is 2. The van der Waals surface area contributed by atoms with Crippen molar-refractivity contribution >= 4 is 28.4 Å². The molecular weight excluding hydrogens is 362 g/mol. The normalized spacial score (nSPS) is 21.8. The summed E-state index contributed by atoms with van der Waals surface area (Å²) >= 11 is 1.30. The van der Waals surface area contributed by atoms with E-state index in [0.29, 0.717) is 16.5 Å². The zero-order chi connectivity index (χ0) is 18.7. The SMILES string of the molecule is CC(=O)OCC1OC=CC(n2cc(-c3csc(N)n3)nn2)[C@H]1OC(C)=O. The molecule has 138 valence electrons. The van der Waals surface area contributed by atoms with Crippen LogP contribution < -0.4 is 5.73 Å². The zero-order valence-electron chi connectivity index (χ0n) is 14.1. The molecule has 0 fully saturated rings. The summed E-state index contributed by atoms with van der Waals surface area (Å²) in [5.41, 5.74) is 6.79. The molecule has 3 rings (SSSR count). The van der Waals surface area contributed by atoms with E-state index < -0.39 is 30.2 Å². The molecule has 2 aromatic rings. The summed E-state index contributed by atoms with van der Waals surface area (Å²) in [5, 5.41) is 10.4. The summed E-state index contributed by atoms with van der Waals surface area (Å²) in [4.78, 5) is 26.8. The molecule has 0 radical (unpaired) electrons. The van der Waals surface area contributed by atoms with Crippen LogP contribution in [0.1, 0.15) is 19.9 Å². The number of carbonyl (C=O) groups is 2. The van der Waals surface area contributed by atoms with Crippen LogP contribution >= 0.6 is 11.3 Å². The van der Waals surface area contributed by atoms with Gasteiger partial charge < -0.3 is 19.9 Å². The first-order chi connectivity index (χ1) is 12.4. The highest BCUT2D eigenvalue weighted by molar-refractivity contribution is 7.13. The van der Waals surface area contributed by atoms with Gasteiger partial charge in [0.2, 0.25) is 0 Å². The number of esters is 2. The van der Waals surface area contributed by atoms with Crippen molar-refractivity contribution in [3.05, 3.63) is 23.9 Å². The Labute approximate surface area is 152 Å². The first-order valence-electron chi connectivity index (χ1n) is 7.70. The number of thiazole rings is 1. The molecule has 0 saturated carbocycles. The van der Waals surface area contributed by atoms with Gasteiger partial charge in [-0.2, -0.15) is 0 Å². The number of anilines is 1. The van der Waals surface area contributed by atoms with Crippen LogP contribution in [0.25, 0.3) is 11.4 Å². The van der Waals surface area contributed by atoms with E-state index in [2.05, 4.69) is 15.3 Å². The molecule has 1 aliphatic heterocycles. The van der Waals surface area contributed by atoms with Gasteiger partial charge in [-0.1, -0.05) is 5.21 Å². The number of hydrogen-bond acceptors (Lipinski definition) is 10. The molecule has 0 aliphatic carbocycles. The molecule has 1 aliphatic rings. The van der Waals surface area contributed by atoms with Crippen LogP contribution in [0.15, 0.2) is 23.9 Å². The second-order valence-electron chi connectivity index (χ2n) is 5.53. The van der Waals surface area contributed by atoms with Crippen LogP contribution in [0.4, 0.5) is 5.13 Å². The molecule has 0 aromatic carbocycles. The maximum atomic E-state index is 11.5. The van der Waals surface area contributed by atoms with Crippen LogP contribution in [-0.2, 0) is 23.8 Å². The largest absolute Gasteiger partial charge is 0.491 e. The van der Waals surface area contributed by atoms with Crippen LogP contribution in [0.3, 0.4) is 0 Å². The Morgan fingerprint density at radius 2 is 2.15 bits per heavy atom. The van der Waals surface area contributed by atoms with Crippen molar-refractivity contribution < 1.29 is 23.8 Å². The second-order valence-corrected chi connectivity index (χ2v) is 6.41. The van der Waals surface area contributed by atoms with Crippen molar-refractivity contribution in [3.63, 3.8) is 0 Å². The third-order valence-electron chi connectivity index (χ3n) is 3.59. The van der Waals surface area contributed by atoms with Crippen LogP contribution in [-0.4, -0.2) is 50.7 Å². The molecule has 2 aromatic heterocycles. The van der Waals surface area contributed by atoms with Crippen molar-refractivity contribution in [1.82, 2.24) is 20.0 Å². The van der Waals surface area contributed by atoms with E-state index >= 15 is 0 Å². The van der Waals surface area contributed by atoms with Gasteiger partial charge in [-0.25, -0.2) is 9.67 Å². The predicted molar refractivity (Wildman–Crippen MR) is 90.8 cm³/mol. The van der Waals surface area contributed by atoms with Gasteiger partial charge in [0.05, 0.1) is 12.5 Å². The maximum Gasteiger partial charge on any atom is 0.303 e. The van der Waals surface area contributed by atoms with E-state index in [0.717, 1.165) is 0 Å². The number of aromatic nitrogens is 4. The molecule has 10 nitrogen and oxygen atoms in total. The molecular formula is C15H17N5O5S. The number of nitrogens with two attached hydrogens (primary N) is 1. The highest BCUT2D eigenvalue weighted by Gasteiger charge is 2.37. The predicted octanol–water partition coefficient (Wildman–Crippen LogP) is 0.932. The fourth-order valence-corrected chi connectivity index (χ4v) is 3.05. The van der Waals surface area contributed by atoms with Crippen molar-refractivity contribution in [2.75, 3.05) is 12.3 Å². The lowest BCUT2D eigenvalue weighted by molar-refractivity contribution is -0.163. The van der Waals surface area contributed by atoms with Gasteiger partial charge >= 0.3 is 11.9 Å². The van der Waals surface area contributed by atoms with E-state index in [1.54, 1.807) is 17.7 Å². The van der Waals surface area contributed by atoms with Gasteiger partial charge in [0.1, 0.15) is 24.0 Å². The molecule has 11 heteroatoms. The Kier molecular flexibility index (Phi) is 5.16. The first-order valence-corrected chi connectivity index (χ1v) is 8.58. The Hall–Kier alpha value is -2.95. The van der Waals surface area contributed by atoms with Crippen molar-refractivity contribution in [3.8, 4) is 11.4 Å². The zero-order valence-corrected chi connectivity index (χ0v) is 14.9. The van der Waals surface area contributed by atoms with Gasteiger partial charge in [-0.05, 0) is 6.08 Å². The van der Waals surface area contributed by atoms with E-state index in [9.17, 15) is 9.59 Å². The van der Waals surface area contributed by atoms with Crippen molar-refractivity contribution in [2.45, 2.75) is 32.1 Å². The summed E-state index contributed by atoms with van der Waals surface area (Å²) in [5.74, 6) is -0.940. The summed E-state index contributed by atoms with van der Waals surface area (Å²) < 4.78 is 17.4. The molecule has 26 heavy (non-hydrogen) atoms. The standard InChI is InChI=1S/C15H17N5O5S/c1-8(21)24-6-13-14(25-9(2)22)12(3-4-23-13)20-5-10(18-19-20)11-7-26-15(16)17-11/h3-5,7,12-14H,6H2,1-2H3,(H2,16,17)/t12?,13?,14-/m1/s1. The topological polar surface area (TPSA) is 131 Å². The summed E-state index contributed by atoms with van der Waals surface area (Å²) in [6.45, 7) is 2.53. The Morgan fingerprint density at radius 1 is 1.35 bits per heavy atom. The fourth-order valence-electron chi connectivity index (χ4n) is 2.49. The summed E-state index contributed by atoms with van der Waals surface area (Å²) in [6.07, 6.45) is 3.41. The van der Waals surface area contributed by atoms with Crippen LogP contribution in [0.5, 0.6) is 0 Å². The van der Waals surface area contributed by atoms with Gasteiger partial charge in [-0.3, -0.25) is 9.59 Å². The molecule has 0 bridgehead atoms. The third-order valence-corrected chi connectivity index (χ3v) is 4.26. The molecule has 0 saturated heterocycles. The number of hydrogen-bond donors (Lipinski definition) is 1. The molecule has 2 unspecified atom stereocenters. The third kappa shape index (κ3) is 3.99. The highest BCUT2D eigenvalue weighted by atomic mass is 32.1. The minimum absolute atomic E-state index is 0.0572. The van der Waals surface area contributed by atoms with E-state index in [-0.39, 0.29) is 6.61 Å². The molecule has 3 atom stereocenters. The lowest BCUT2D eigenvalue weighted by Crippen LogP contribution is -2.44. The van der Waals surface area contributed by atoms with Gasteiger partial charge in [0.25, 0.3) is 0 Å². The Bertz CT molecular complexity index is 832. The Balaban J connectivity index is 1.85. The van der Waals surface area contributed by atoms with E-state index in [4.69, 9.17) is 19.9 Å². The van der Waals surface area contributed by atoms with Gasteiger partial charge in [0, 0.05) is 19.2 Å². The lowest BCUT2D eigenvalue weighted by atomic mass is 10.0. The number of nitrogen functional groups attached to an aromatic ring is 1. The second kappa shape index (κ2) is 7.52. The average molecular weight is 379 g/mol. The highest BCUT2D eigenvalue weighted by Crippen LogP contribution is 2.28. The van der Waals surface area contributed by atoms with Gasteiger partial charge in [0.15, 0.2) is 17.3 Å². The van der Waals surface area contributed by atoms with E-state index in [1.165, 1.54) is 36.1 Å². The van der Waals surface area contributed by atoms with Gasteiger partial charge in [-0.15, -0.1) is 16.4 Å². The minimum atomic E-state index is -0.744. The molecule has 3 heterocycles. The first kappa shape index (κ1) is 17.9. The smallest absolute Gasteiger partial charge is 0.303 e. The van der Waals surface area contributed by atoms with Crippen molar-refractivity contribution in [2.24, 2.45) is 0 Å². The molecule has 0 spiro atoms. The number of ether oxygens (including phenoxy) is 3. The molecule has 0 amide bonds. The fraction of sp³-hybridized carbons (Fsp3) is 0.400. The number of nitrogens with zero attached hydrogens (tertiary/aromatic N) is 4. The van der Waals surface area contributed by atoms with Crippen LogP contribution in [0, 0.1) is 0 Å². The van der Waals surface area contributed by atoms with Crippen molar-refractivity contribution in [1.29, 1.82) is 0 Å². The monoisotopic (exact) mass is 379 g/mol. The minimum Gasteiger partial charge on any atom is -0.491 e. The maximum absolute atomic E-state index is 11.5. The Morgan fingerprint density at radius 3 is 2.81 bits per heavy atom.